The zero-order valence-electron chi connectivity index (χ0n) is 21.7. The van der Waals surface area contributed by atoms with Crippen molar-refractivity contribution < 1.29 is 129 Å². The van der Waals surface area contributed by atoms with Crippen LogP contribution in [0.3, 0.4) is 0 Å². The molecule has 0 heterocycles. The maximum absolute atomic E-state index is 11.0. The fraction of sp³-hybridized carbons (Fsp3) is 0.778. The van der Waals surface area contributed by atoms with Crippen molar-refractivity contribution in [1.82, 2.24) is 10.6 Å². The van der Waals surface area contributed by atoms with E-state index in [0.29, 0.717) is 32.4 Å². The van der Waals surface area contributed by atoms with Gasteiger partial charge in [-0.05, 0) is 20.3 Å². The van der Waals surface area contributed by atoms with Crippen LogP contribution in [0.4, 0.5) is 0 Å². The number of quaternary nitrogens is 1. The molecule has 0 aromatic rings. The summed E-state index contributed by atoms with van der Waals surface area (Å²) in [6.07, 6.45) is 1.32. The topological polar surface area (TPSA) is 208 Å². The number of aliphatic hydroxyl groups excluding tert-OH is 1. The summed E-state index contributed by atoms with van der Waals surface area (Å²) in [6, 6.07) is -1.15. The van der Waals surface area contributed by atoms with Crippen LogP contribution in [0.25, 0.3) is 0 Å². The smallest absolute Gasteiger partial charge is 1.00 e. The monoisotopic (exact) mass is 556 g/mol. The molecule has 2 unspecified atom stereocenters. The predicted molar refractivity (Wildman–Crippen MR) is 109 cm³/mol. The van der Waals surface area contributed by atoms with Gasteiger partial charge in [0.05, 0.1) is 14.2 Å². The summed E-state index contributed by atoms with van der Waals surface area (Å²) in [7, 11) is 4.33. The molecule has 8 N–H and O–H groups in total. The zero-order chi connectivity index (χ0) is 24.5. The molecule has 0 aromatic carbocycles. The number of hydrogen-bond donors (Lipinski definition) is 5. The molecule has 34 heavy (non-hydrogen) atoms. The van der Waals surface area contributed by atoms with E-state index in [9.17, 15) is 19.2 Å². The number of esters is 2. The van der Waals surface area contributed by atoms with Gasteiger partial charge in [-0.25, -0.2) is 4.79 Å². The fourth-order valence-electron chi connectivity index (χ4n) is 1.72. The van der Waals surface area contributed by atoms with Crippen molar-refractivity contribution in [1.29, 1.82) is 0 Å². The van der Waals surface area contributed by atoms with E-state index in [1.165, 1.54) is 14.2 Å². The molecule has 0 saturated heterocycles. The summed E-state index contributed by atoms with van der Waals surface area (Å²) in [5.74, 6) is -1.00. The van der Waals surface area contributed by atoms with Crippen molar-refractivity contribution in [3.05, 3.63) is 0 Å². The first-order valence-corrected chi connectivity index (χ1v) is 9.36. The van der Waals surface area contributed by atoms with Crippen molar-refractivity contribution >= 4 is 23.8 Å². The van der Waals surface area contributed by atoms with E-state index >= 15 is 0 Å². The quantitative estimate of drug-likeness (QED) is 0.127. The van der Waals surface area contributed by atoms with E-state index in [-0.39, 0.29) is 108 Å². The number of hydrogen-bond acceptors (Lipinski definition) is 9. The number of nitrogens with two attached hydrogens (primary N) is 1. The van der Waals surface area contributed by atoms with Gasteiger partial charge in [0, 0.05) is 39.5 Å². The zero-order valence-corrected chi connectivity index (χ0v) is 27.3. The molecule has 0 aliphatic rings. The maximum Gasteiger partial charge on any atom is 1.00 e. The molecule has 16 heteroatoms. The van der Waals surface area contributed by atoms with Crippen molar-refractivity contribution in [2.75, 3.05) is 41.5 Å². The number of aliphatic hydroxyl groups is 1. The van der Waals surface area contributed by atoms with E-state index in [0.717, 1.165) is 14.2 Å². The normalized spacial score (nSPS) is 9.47. The molecule has 0 aromatic heterocycles. The van der Waals surface area contributed by atoms with E-state index < -0.39 is 18.1 Å². The van der Waals surface area contributed by atoms with Crippen molar-refractivity contribution in [2.45, 2.75) is 51.6 Å². The summed E-state index contributed by atoms with van der Waals surface area (Å²) >= 11 is 0. The van der Waals surface area contributed by atoms with Gasteiger partial charge >= 0.3 is 71.1 Å². The van der Waals surface area contributed by atoms with E-state index in [1.807, 2.05) is 13.8 Å². The number of halogens is 2. The van der Waals surface area contributed by atoms with Gasteiger partial charge < -0.3 is 66.6 Å². The molecular formula is C18H40Cl2N4Na2O8. The third-order valence-electron chi connectivity index (χ3n) is 3.19. The Bertz CT molecular complexity index is 432. The summed E-state index contributed by atoms with van der Waals surface area (Å²) in [5.41, 5.74) is 9.00. The van der Waals surface area contributed by atoms with Gasteiger partial charge in [0.15, 0.2) is 6.04 Å². The Kier molecular flexibility index (Phi) is 70.2. The molecule has 2 amide bonds. The standard InChI is InChI=1S/2C8H16N2O3.CH4O.CH3O.2ClH.2Na/c2*1-3-10-7(11)5-4-6(9)8(12)13-2;2*1-2;;;;/h2*6H,3-5,9H2,1-2H3,(H,10,11);2H,1H3;1H3;2*1H;;/q;;;-1;;;2*+1/p-1. The molecule has 0 rings (SSSR count). The van der Waals surface area contributed by atoms with Gasteiger partial charge in [0.25, 0.3) is 0 Å². The molecule has 0 radical (unpaired) electrons. The SMILES string of the molecule is CCNC(=O)CCC(N)C(=O)OC.CCNC(=O)CCC([NH3+])C(=O)OC.CO.C[O-].[Cl-].[Cl-].[Na+].[Na+]. The first kappa shape index (κ1) is 55.0. The van der Waals surface area contributed by atoms with Crippen LogP contribution in [0.1, 0.15) is 39.5 Å². The Hall–Kier alpha value is 0.300. The number of amides is 2. The minimum Gasteiger partial charge on any atom is -1.00 e. The van der Waals surface area contributed by atoms with Crippen LogP contribution in [0.2, 0.25) is 0 Å². The number of ether oxygens (including phenoxy) is 2. The maximum atomic E-state index is 11.0. The molecule has 0 spiro atoms. The molecule has 0 aliphatic carbocycles. The van der Waals surface area contributed by atoms with Crippen molar-refractivity contribution in [2.24, 2.45) is 5.73 Å². The average Bonchev–Trinajstić information content (AvgIpc) is 2.78. The van der Waals surface area contributed by atoms with Gasteiger partial charge in [-0.2, -0.15) is 7.11 Å². The number of methoxy groups -OCH3 is 2. The second-order valence-corrected chi connectivity index (χ2v) is 5.33. The van der Waals surface area contributed by atoms with E-state index in [4.69, 9.17) is 15.9 Å². The van der Waals surface area contributed by atoms with Gasteiger partial charge in [0.2, 0.25) is 11.8 Å². The van der Waals surface area contributed by atoms with Gasteiger partial charge in [-0.1, -0.05) is 0 Å². The van der Waals surface area contributed by atoms with Crippen LogP contribution in [0, 0.1) is 0 Å². The number of rotatable bonds is 10. The van der Waals surface area contributed by atoms with Crippen LogP contribution in [0.15, 0.2) is 0 Å². The third-order valence-corrected chi connectivity index (χ3v) is 3.19. The van der Waals surface area contributed by atoms with Crippen LogP contribution < -0.4 is 111 Å². The number of nitrogens with one attached hydrogen (secondary N) is 2. The molecular weight excluding hydrogens is 517 g/mol. The van der Waals surface area contributed by atoms with Crippen LogP contribution >= 0.6 is 0 Å². The Morgan fingerprint density at radius 3 is 1.47 bits per heavy atom. The minimum absolute atomic E-state index is 0. The molecule has 0 bridgehead atoms. The van der Waals surface area contributed by atoms with Crippen LogP contribution in [-0.2, 0) is 28.7 Å². The third kappa shape index (κ3) is 39.5. The van der Waals surface area contributed by atoms with Crippen molar-refractivity contribution in [3.63, 3.8) is 0 Å². The molecule has 12 nitrogen and oxygen atoms in total. The largest absolute Gasteiger partial charge is 1.00 e. The number of carbonyl (C=O) groups is 4. The second-order valence-electron chi connectivity index (χ2n) is 5.33. The van der Waals surface area contributed by atoms with E-state index in [1.54, 1.807) is 0 Å². The van der Waals surface area contributed by atoms with Crippen molar-refractivity contribution in [3.8, 4) is 0 Å². The molecule has 196 valence electrons. The first-order valence-electron chi connectivity index (χ1n) is 9.36. The Morgan fingerprint density at radius 1 is 0.853 bits per heavy atom. The number of carbonyl (C=O) groups excluding carboxylic acids is 4. The minimum atomic E-state index is -0.701. The Labute approximate surface area is 259 Å². The molecule has 2 atom stereocenters. The average molecular weight is 557 g/mol. The molecule has 0 saturated carbocycles. The van der Waals surface area contributed by atoms with E-state index in [2.05, 4.69) is 25.8 Å². The summed E-state index contributed by atoms with van der Waals surface area (Å²) in [6.45, 7) is 4.88. The van der Waals surface area contributed by atoms with Gasteiger partial charge in [-0.3, -0.25) is 14.4 Å². The second kappa shape index (κ2) is 43.4. The predicted octanol–water partition coefficient (Wildman–Crippen LogP) is -15.3. The Balaban J connectivity index is -0.0000000522. The summed E-state index contributed by atoms with van der Waals surface area (Å²) in [5, 5.41) is 20.5. The summed E-state index contributed by atoms with van der Waals surface area (Å²) in [4.78, 5) is 43.6. The first-order chi connectivity index (χ1) is 14.2. The van der Waals surface area contributed by atoms with Gasteiger partial charge in [-0.15, -0.1) is 0 Å². The van der Waals surface area contributed by atoms with Gasteiger partial charge in [0.1, 0.15) is 6.04 Å². The molecule has 0 fully saturated rings. The van der Waals surface area contributed by atoms with Crippen LogP contribution in [-0.4, -0.2) is 82.5 Å². The summed E-state index contributed by atoms with van der Waals surface area (Å²) < 4.78 is 8.88. The van der Waals surface area contributed by atoms with Crippen LogP contribution in [0.5, 0.6) is 0 Å². The molecule has 0 aliphatic heterocycles. The fourth-order valence-corrected chi connectivity index (χ4v) is 1.72. The Morgan fingerprint density at radius 2 is 1.18 bits per heavy atom.